The van der Waals surface area contributed by atoms with Gasteiger partial charge in [-0.3, -0.25) is 9.59 Å². The van der Waals surface area contributed by atoms with Crippen molar-refractivity contribution in [2.45, 2.75) is 63.8 Å². The second kappa shape index (κ2) is 10.7. The van der Waals surface area contributed by atoms with E-state index in [1.807, 2.05) is 0 Å². The van der Waals surface area contributed by atoms with E-state index in [0.717, 1.165) is 0 Å². The Hall–Kier alpha value is -1.70. The van der Waals surface area contributed by atoms with Crippen LogP contribution in [0.1, 0.15) is 33.6 Å². The Kier molecular flexibility index (Phi) is 9.51. The quantitative estimate of drug-likeness (QED) is 0.171. The molecule has 0 aliphatic carbocycles. The van der Waals surface area contributed by atoms with Crippen molar-refractivity contribution in [1.29, 1.82) is 0 Å². The van der Waals surface area contributed by atoms with Crippen molar-refractivity contribution in [2.24, 2.45) is 11.3 Å². The summed E-state index contributed by atoms with van der Waals surface area (Å²) in [5.41, 5.74) is -1.52. The van der Waals surface area contributed by atoms with E-state index in [-0.39, 0.29) is 44.2 Å². The number of carbonyl (C=O) groups excluding carboxylic acids is 2. The van der Waals surface area contributed by atoms with Crippen LogP contribution in [0.5, 0.6) is 0 Å². The highest BCUT2D eigenvalue weighted by Gasteiger charge is 2.80. The van der Waals surface area contributed by atoms with Crippen LogP contribution in [-0.2, 0) is 19.1 Å². The van der Waals surface area contributed by atoms with Gasteiger partial charge in [-0.15, -0.1) is 0 Å². The second-order valence-corrected chi connectivity index (χ2v) is 8.12. The maximum atomic E-state index is 14.1. The molecule has 0 aromatic carbocycles. The fourth-order valence-corrected chi connectivity index (χ4v) is 3.24. The maximum Gasteiger partial charge on any atom is 0.380 e. The third-order valence-corrected chi connectivity index (χ3v) is 5.57. The summed E-state index contributed by atoms with van der Waals surface area (Å²) in [6.07, 6.45) is -5.30. The average Bonchev–Trinajstić information content (AvgIpc) is 3.53. The number of hydrogen-bond donors (Lipinski definition) is 1. The van der Waals surface area contributed by atoms with Crippen LogP contribution in [0.2, 0.25) is 0 Å². The lowest BCUT2D eigenvalue weighted by atomic mass is 9.78. The molecule has 1 amide bonds. The summed E-state index contributed by atoms with van der Waals surface area (Å²) >= 11 is 0. The molecule has 0 saturated carbocycles. The molecular weight excluding hydrogens is 474 g/mol. The lowest BCUT2D eigenvalue weighted by Crippen LogP contribution is -2.60. The zero-order valence-electron chi connectivity index (χ0n) is 18.2. The number of nitrogens with zero attached hydrogens (tertiary/aromatic N) is 1. The lowest BCUT2D eigenvalue weighted by Gasteiger charge is -2.33. The number of ether oxygens (including phenoxy) is 2. The van der Waals surface area contributed by atoms with Gasteiger partial charge in [0.1, 0.15) is 12.6 Å². The van der Waals surface area contributed by atoms with Gasteiger partial charge in [0.15, 0.2) is 0 Å². The molecule has 1 aliphatic rings. The molecule has 1 fully saturated rings. The lowest BCUT2D eigenvalue weighted by molar-refractivity contribution is -0.339. The fraction of sp³-hybridized carbons (Fsp3) is 0.895. The van der Waals surface area contributed by atoms with Gasteiger partial charge in [0.05, 0.1) is 25.7 Å². The Morgan fingerprint density at radius 3 is 2.15 bits per heavy atom. The minimum atomic E-state index is -6.40. The highest BCUT2D eigenvalue weighted by atomic mass is 19.4. The molecule has 14 heteroatoms. The number of esters is 1. The monoisotopic (exact) mass is 501 g/mol. The van der Waals surface area contributed by atoms with Crippen molar-refractivity contribution < 1.29 is 59.3 Å². The van der Waals surface area contributed by atoms with Crippen LogP contribution in [0, 0.1) is 11.3 Å². The highest BCUT2D eigenvalue weighted by molar-refractivity contribution is 5.85. The van der Waals surface area contributed by atoms with Crippen molar-refractivity contribution in [3.63, 3.8) is 0 Å². The molecule has 0 aromatic rings. The number of aliphatic hydroxyl groups excluding tert-OH is 1. The van der Waals surface area contributed by atoms with Crippen molar-refractivity contribution in [2.75, 3.05) is 33.0 Å². The van der Waals surface area contributed by atoms with Gasteiger partial charge in [0, 0.05) is 12.0 Å². The minimum Gasteiger partial charge on any atom is -0.463 e. The predicted molar refractivity (Wildman–Crippen MR) is 97.4 cm³/mol. The molecular formula is C19H27F8NO5. The van der Waals surface area contributed by atoms with E-state index in [0.29, 0.717) is 0 Å². The molecule has 1 saturated heterocycles. The van der Waals surface area contributed by atoms with Crippen LogP contribution in [-0.4, -0.2) is 85.1 Å². The van der Waals surface area contributed by atoms with E-state index in [4.69, 9.17) is 14.6 Å². The first kappa shape index (κ1) is 29.3. The molecule has 0 bridgehead atoms. The van der Waals surface area contributed by atoms with Crippen LogP contribution in [0.4, 0.5) is 35.1 Å². The van der Waals surface area contributed by atoms with Crippen molar-refractivity contribution in [3.8, 4) is 0 Å². The number of amides is 1. The number of hydrogen-bond acceptors (Lipinski definition) is 5. The molecule has 3 atom stereocenters. The Labute approximate surface area is 185 Å². The van der Waals surface area contributed by atoms with Crippen LogP contribution >= 0.6 is 0 Å². The summed E-state index contributed by atoms with van der Waals surface area (Å²) in [5, 5.41) is 8.57. The zero-order chi connectivity index (χ0) is 25.8. The average molecular weight is 501 g/mol. The molecule has 0 aromatic heterocycles. The van der Waals surface area contributed by atoms with E-state index in [9.17, 15) is 44.7 Å². The van der Waals surface area contributed by atoms with Crippen molar-refractivity contribution in [3.05, 3.63) is 0 Å². The van der Waals surface area contributed by atoms with Crippen LogP contribution in [0.3, 0.4) is 0 Å². The third-order valence-electron chi connectivity index (χ3n) is 5.57. The Morgan fingerprint density at radius 2 is 1.67 bits per heavy atom. The number of carbonyl (C=O) groups is 2. The van der Waals surface area contributed by atoms with Gasteiger partial charge in [-0.25, -0.2) is 8.78 Å². The van der Waals surface area contributed by atoms with Gasteiger partial charge in [0.25, 0.3) is 0 Å². The van der Waals surface area contributed by atoms with E-state index < -0.39 is 60.0 Å². The van der Waals surface area contributed by atoms with E-state index in [2.05, 4.69) is 0 Å². The largest absolute Gasteiger partial charge is 0.463 e. The molecule has 1 N–H and O–H groups in total. The van der Waals surface area contributed by atoms with Crippen LogP contribution in [0.15, 0.2) is 0 Å². The number of aliphatic hydroxyl groups is 1. The van der Waals surface area contributed by atoms with Gasteiger partial charge >= 0.3 is 30.2 Å². The molecule has 1 aliphatic heterocycles. The van der Waals surface area contributed by atoms with Gasteiger partial charge in [-0.1, -0.05) is 20.8 Å². The van der Waals surface area contributed by atoms with Gasteiger partial charge in [-0.05, 0) is 12.8 Å². The first-order chi connectivity index (χ1) is 15.0. The summed E-state index contributed by atoms with van der Waals surface area (Å²) < 4.78 is 116. The van der Waals surface area contributed by atoms with Crippen molar-refractivity contribution >= 4 is 11.9 Å². The molecule has 0 spiro atoms. The normalized spacial score (nSPS) is 19.9. The molecule has 3 unspecified atom stereocenters. The molecule has 6 nitrogen and oxygen atoms in total. The first-order valence-electron chi connectivity index (χ1n) is 10.1. The van der Waals surface area contributed by atoms with Crippen LogP contribution in [0.25, 0.3) is 0 Å². The highest BCUT2D eigenvalue weighted by Crippen LogP contribution is 2.54. The maximum absolute atomic E-state index is 14.1. The number of rotatable bonds is 14. The van der Waals surface area contributed by atoms with Gasteiger partial charge < -0.3 is 19.5 Å². The summed E-state index contributed by atoms with van der Waals surface area (Å²) in [4.78, 5) is 25.0. The summed E-state index contributed by atoms with van der Waals surface area (Å²) in [7, 11) is 0. The third kappa shape index (κ3) is 6.06. The molecule has 33 heavy (non-hydrogen) atoms. The van der Waals surface area contributed by atoms with Gasteiger partial charge in [-0.2, -0.15) is 26.3 Å². The minimum absolute atomic E-state index is 0.00893. The first-order valence-corrected chi connectivity index (χ1v) is 10.1. The van der Waals surface area contributed by atoms with Gasteiger partial charge in [0.2, 0.25) is 5.91 Å². The molecule has 1 heterocycles. The number of halogens is 8. The molecule has 194 valence electrons. The predicted octanol–water partition coefficient (Wildman–Crippen LogP) is 3.36. The molecule has 1 rings (SSSR count). The van der Waals surface area contributed by atoms with E-state index >= 15 is 0 Å². The standard InChI is InChI=1S/C19H27F8NO5/c1-4-16(3,9-11(2)13(30)33-8-7-32-6-5-29)15(31)28-10-12(28)17(22,23)19(26,27)18(24,25)14(20)21/h11-12,14,29H,4-10H2,1-3H3. The summed E-state index contributed by atoms with van der Waals surface area (Å²) in [5.74, 6) is -21.1. The SMILES string of the molecule is CCC(C)(CC(C)C(=O)OCCOCCO)C(=O)N1CC1C(F)(F)C(F)(F)C(F)(F)C(F)F. The second-order valence-electron chi connectivity index (χ2n) is 8.12. The smallest absolute Gasteiger partial charge is 0.380 e. The van der Waals surface area contributed by atoms with Crippen LogP contribution < -0.4 is 0 Å². The fourth-order valence-electron chi connectivity index (χ4n) is 3.24. The zero-order valence-corrected chi connectivity index (χ0v) is 18.2. The Morgan fingerprint density at radius 1 is 1.09 bits per heavy atom. The van der Waals surface area contributed by atoms with E-state index in [1.54, 1.807) is 0 Å². The summed E-state index contributed by atoms with van der Waals surface area (Å²) in [6.45, 7) is 2.72. The Balaban J connectivity index is 2.84. The summed E-state index contributed by atoms with van der Waals surface area (Å²) in [6, 6.07) is -2.69. The van der Waals surface area contributed by atoms with E-state index in [1.165, 1.54) is 20.8 Å². The number of alkyl halides is 8. The topological polar surface area (TPSA) is 75.8 Å². The Bertz CT molecular complexity index is 693. The molecule has 0 radical (unpaired) electrons. The van der Waals surface area contributed by atoms with Crippen molar-refractivity contribution in [1.82, 2.24) is 4.90 Å².